The van der Waals surface area contributed by atoms with E-state index in [4.69, 9.17) is 0 Å². The monoisotopic (exact) mass is 284 g/mol. The molecule has 108 valence electrons. The van der Waals surface area contributed by atoms with Crippen molar-refractivity contribution in [3.8, 4) is 0 Å². The predicted octanol–water partition coefficient (Wildman–Crippen LogP) is 2.53. The zero-order chi connectivity index (χ0) is 14.7. The number of fused-ring (bicyclic) bond motifs is 1. The van der Waals surface area contributed by atoms with Gasteiger partial charge in [-0.1, -0.05) is 12.1 Å². The molecule has 1 aliphatic rings. The van der Waals surface area contributed by atoms with Gasteiger partial charge in [0.1, 0.15) is 12.1 Å². The summed E-state index contributed by atoms with van der Waals surface area (Å²) >= 11 is 0. The van der Waals surface area contributed by atoms with E-state index in [2.05, 4.69) is 15.3 Å². The molecule has 0 atom stereocenters. The molecule has 21 heavy (non-hydrogen) atoms. The number of nitrogens with zero attached hydrogens (tertiary/aromatic N) is 3. The average Bonchev–Trinajstić information content (AvgIpc) is 2.97. The van der Waals surface area contributed by atoms with Crippen molar-refractivity contribution in [2.24, 2.45) is 0 Å². The van der Waals surface area contributed by atoms with Gasteiger partial charge in [-0.3, -0.25) is 10.1 Å². The van der Waals surface area contributed by atoms with Gasteiger partial charge in [-0.25, -0.2) is 9.97 Å². The summed E-state index contributed by atoms with van der Waals surface area (Å²) < 4.78 is 0. The first kappa shape index (κ1) is 13.5. The van der Waals surface area contributed by atoms with E-state index in [0.29, 0.717) is 0 Å². The highest BCUT2D eigenvalue weighted by molar-refractivity contribution is 5.48. The molecule has 2 aromatic rings. The Balaban J connectivity index is 1.59. The second-order valence-corrected chi connectivity index (χ2v) is 5.10. The predicted molar refractivity (Wildman–Crippen MR) is 79.3 cm³/mol. The molecular formula is C15H16N4O2. The second-order valence-electron chi connectivity index (χ2n) is 5.10. The van der Waals surface area contributed by atoms with Crippen LogP contribution in [0, 0.1) is 10.1 Å². The van der Waals surface area contributed by atoms with Gasteiger partial charge in [0.25, 0.3) is 5.69 Å². The fraction of sp³-hybridized carbons (Fsp3) is 0.333. The fourth-order valence-electron chi connectivity index (χ4n) is 2.62. The summed E-state index contributed by atoms with van der Waals surface area (Å²) in [4.78, 5) is 18.8. The molecule has 0 spiro atoms. The van der Waals surface area contributed by atoms with Crippen LogP contribution in [0.4, 0.5) is 11.5 Å². The lowest BCUT2D eigenvalue weighted by molar-refractivity contribution is -0.384. The number of nitro groups is 1. The molecule has 6 heteroatoms. The van der Waals surface area contributed by atoms with E-state index in [1.165, 1.54) is 17.7 Å². The summed E-state index contributed by atoms with van der Waals surface area (Å²) in [5.41, 5.74) is 3.59. The van der Waals surface area contributed by atoms with Crippen LogP contribution in [0.5, 0.6) is 0 Å². The van der Waals surface area contributed by atoms with Crippen LogP contribution in [0.15, 0.2) is 30.6 Å². The molecule has 1 aliphatic carbocycles. The van der Waals surface area contributed by atoms with Crippen molar-refractivity contribution in [2.45, 2.75) is 25.7 Å². The number of anilines is 1. The summed E-state index contributed by atoms with van der Waals surface area (Å²) in [5, 5.41) is 13.9. The molecule has 1 heterocycles. The number of aryl methyl sites for hydroxylation is 1. The Morgan fingerprint density at radius 1 is 1.19 bits per heavy atom. The van der Waals surface area contributed by atoms with Crippen molar-refractivity contribution < 1.29 is 4.92 Å². The van der Waals surface area contributed by atoms with Crippen LogP contribution < -0.4 is 5.32 Å². The molecule has 0 saturated carbocycles. The minimum Gasteiger partial charge on any atom is -0.369 e. The number of non-ortho nitro benzene ring substituents is 1. The van der Waals surface area contributed by atoms with Crippen LogP contribution in [0.1, 0.15) is 23.2 Å². The molecule has 0 radical (unpaired) electrons. The Hall–Kier alpha value is -2.50. The molecule has 1 N–H and O–H groups in total. The number of nitro benzene ring substituents is 1. The van der Waals surface area contributed by atoms with Crippen LogP contribution in [-0.4, -0.2) is 21.4 Å². The molecule has 0 saturated heterocycles. The third kappa shape index (κ3) is 2.99. The van der Waals surface area contributed by atoms with Gasteiger partial charge < -0.3 is 5.32 Å². The fourth-order valence-corrected chi connectivity index (χ4v) is 2.62. The number of rotatable bonds is 5. The molecule has 0 bridgehead atoms. The van der Waals surface area contributed by atoms with Gasteiger partial charge in [-0.05, 0) is 31.2 Å². The Labute approximate surface area is 122 Å². The van der Waals surface area contributed by atoms with Gasteiger partial charge in [0.05, 0.1) is 4.92 Å². The number of hydrogen-bond donors (Lipinski definition) is 1. The molecule has 1 aromatic heterocycles. The van der Waals surface area contributed by atoms with E-state index in [1.54, 1.807) is 18.5 Å². The van der Waals surface area contributed by atoms with Crippen molar-refractivity contribution in [1.29, 1.82) is 0 Å². The molecule has 3 rings (SSSR count). The van der Waals surface area contributed by atoms with Crippen molar-refractivity contribution in [2.75, 3.05) is 11.9 Å². The summed E-state index contributed by atoms with van der Waals surface area (Å²) in [6.07, 6.45) is 5.63. The van der Waals surface area contributed by atoms with E-state index in [1.807, 2.05) is 0 Å². The first-order valence-corrected chi connectivity index (χ1v) is 7.04. The van der Waals surface area contributed by atoms with Gasteiger partial charge in [0.15, 0.2) is 0 Å². The lowest BCUT2D eigenvalue weighted by atomic mass is 10.1. The van der Waals surface area contributed by atoms with E-state index in [0.717, 1.165) is 49.3 Å². The van der Waals surface area contributed by atoms with Gasteiger partial charge in [-0.15, -0.1) is 0 Å². The molecule has 0 fully saturated rings. The highest BCUT2D eigenvalue weighted by Crippen LogP contribution is 2.24. The van der Waals surface area contributed by atoms with E-state index < -0.39 is 0 Å². The maximum atomic E-state index is 10.6. The van der Waals surface area contributed by atoms with E-state index in [9.17, 15) is 10.1 Å². The minimum absolute atomic E-state index is 0.125. The topological polar surface area (TPSA) is 81.0 Å². The average molecular weight is 284 g/mol. The van der Waals surface area contributed by atoms with Gasteiger partial charge in [-0.2, -0.15) is 0 Å². The normalized spacial score (nSPS) is 13.0. The first-order valence-electron chi connectivity index (χ1n) is 7.04. The third-order valence-corrected chi connectivity index (χ3v) is 3.73. The Morgan fingerprint density at radius 2 is 2.00 bits per heavy atom. The zero-order valence-corrected chi connectivity index (χ0v) is 11.6. The SMILES string of the molecule is O=[N+]([O-])c1ccc(CCNc2ncnc3c2CCC3)cc1. The Morgan fingerprint density at radius 3 is 2.76 bits per heavy atom. The maximum Gasteiger partial charge on any atom is 0.269 e. The second kappa shape index (κ2) is 5.87. The highest BCUT2D eigenvalue weighted by Gasteiger charge is 2.16. The lowest BCUT2D eigenvalue weighted by Crippen LogP contribution is -2.09. The van der Waals surface area contributed by atoms with E-state index >= 15 is 0 Å². The number of aromatic nitrogens is 2. The van der Waals surface area contributed by atoms with Crippen molar-refractivity contribution in [3.05, 3.63) is 57.5 Å². The van der Waals surface area contributed by atoms with Crippen LogP contribution in [0.25, 0.3) is 0 Å². The third-order valence-electron chi connectivity index (χ3n) is 3.73. The van der Waals surface area contributed by atoms with Crippen LogP contribution >= 0.6 is 0 Å². The molecule has 0 amide bonds. The molecular weight excluding hydrogens is 268 g/mol. The Bertz CT molecular complexity index is 655. The maximum absolute atomic E-state index is 10.6. The van der Waals surface area contributed by atoms with Crippen molar-refractivity contribution in [1.82, 2.24) is 9.97 Å². The zero-order valence-electron chi connectivity index (χ0n) is 11.6. The van der Waals surface area contributed by atoms with E-state index in [-0.39, 0.29) is 10.6 Å². The summed E-state index contributed by atoms with van der Waals surface area (Å²) in [7, 11) is 0. The summed E-state index contributed by atoms with van der Waals surface area (Å²) in [6, 6.07) is 6.67. The molecule has 0 unspecified atom stereocenters. The smallest absolute Gasteiger partial charge is 0.269 e. The number of nitrogens with one attached hydrogen (secondary N) is 1. The van der Waals surface area contributed by atoms with Crippen molar-refractivity contribution >= 4 is 11.5 Å². The Kier molecular flexibility index (Phi) is 3.77. The van der Waals surface area contributed by atoms with Gasteiger partial charge in [0.2, 0.25) is 0 Å². The quantitative estimate of drug-likeness (QED) is 0.674. The number of benzene rings is 1. The highest BCUT2D eigenvalue weighted by atomic mass is 16.6. The summed E-state index contributed by atoms with van der Waals surface area (Å²) in [5.74, 6) is 0.930. The van der Waals surface area contributed by atoms with Crippen LogP contribution in [0.2, 0.25) is 0 Å². The van der Waals surface area contributed by atoms with Gasteiger partial charge >= 0.3 is 0 Å². The standard InChI is InChI=1S/C15H16N4O2/c20-19(21)12-6-4-11(5-7-12)8-9-16-15-13-2-1-3-14(13)17-10-18-15/h4-7,10H,1-3,8-9H2,(H,16,17,18). The first-order chi connectivity index (χ1) is 10.2. The molecule has 0 aliphatic heterocycles. The molecule has 6 nitrogen and oxygen atoms in total. The lowest BCUT2D eigenvalue weighted by Gasteiger charge is -2.09. The van der Waals surface area contributed by atoms with Crippen LogP contribution in [-0.2, 0) is 19.3 Å². The minimum atomic E-state index is -0.383. The summed E-state index contributed by atoms with van der Waals surface area (Å²) in [6.45, 7) is 0.751. The van der Waals surface area contributed by atoms with Gasteiger partial charge in [0, 0.05) is 29.9 Å². The number of hydrogen-bond acceptors (Lipinski definition) is 5. The largest absolute Gasteiger partial charge is 0.369 e. The van der Waals surface area contributed by atoms with Crippen molar-refractivity contribution in [3.63, 3.8) is 0 Å². The molecule has 1 aromatic carbocycles. The van der Waals surface area contributed by atoms with Crippen LogP contribution in [0.3, 0.4) is 0 Å².